The molecule has 2 aromatic heterocycles. The van der Waals surface area contributed by atoms with E-state index in [1.165, 1.54) is 0 Å². The van der Waals surface area contributed by atoms with Crippen LogP contribution in [0.2, 0.25) is 0 Å². The van der Waals surface area contributed by atoms with Crippen LogP contribution in [0.25, 0.3) is 23.0 Å². The summed E-state index contributed by atoms with van der Waals surface area (Å²) in [6.07, 6.45) is 1.70. The second kappa shape index (κ2) is 4.77. The van der Waals surface area contributed by atoms with Crippen LogP contribution >= 0.6 is 0 Å². The van der Waals surface area contributed by atoms with E-state index in [4.69, 9.17) is 10.3 Å². The van der Waals surface area contributed by atoms with Gasteiger partial charge in [-0.1, -0.05) is 11.2 Å². The summed E-state index contributed by atoms with van der Waals surface area (Å²) in [6.45, 7) is 4.01. The number of benzene rings is 1. The first-order chi connectivity index (χ1) is 9.65. The molecule has 0 spiro atoms. The lowest BCUT2D eigenvalue weighted by molar-refractivity contribution is 0.432. The lowest BCUT2D eigenvalue weighted by Crippen LogP contribution is -1.93. The Balaban J connectivity index is 2.07. The third-order valence-electron chi connectivity index (χ3n) is 3.24. The molecule has 0 saturated carbocycles. The lowest BCUT2D eigenvalue weighted by atomic mass is 10.0. The fraction of sp³-hybridized carbons (Fsp3) is 0.133. The molecule has 5 nitrogen and oxygen atoms in total. The predicted molar refractivity (Wildman–Crippen MR) is 76.9 cm³/mol. The topological polar surface area (TPSA) is 77.8 Å². The molecular weight excluding hydrogens is 252 g/mol. The number of aromatic nitrogens is 3. The van der Waals surface area contributed by atoms with Crippen LogP contribution in [-0.4, -0.2) is 15.1 Å². The van der Waals surface area contributed by atoms with E-state index < -0.39 is 0 Å². The Bertz CT molecular complexity index is 750. The van der Waals surface area contributed by atoms with Crippen LogP contribution in [0, 0.1) is 13.8 Å². The van der Waals surface area contributed by atoms with Gasteiger partial charge >= 0.3 is 0 Å². The molecule has 0 aliphatic heterocycles. The Morgan fingerprint density at radius 1 is 1.15 bits per heavy atom. The maximum absolute atomic E-state index is 5.88. The fourth-order valence-corrected chi connectivity index (χ4v) is 2.04. The number of nitrogens with two attached hydrogens (primary N) is 1. The molecular formula is C15H14N4O. The number of rotatable bonds is 2. The Morgan fingerprint density at radius 2 is 2.00 bits per heavy atom. The molecule has 0 aliphatic rings. The monoisotopic (exact) mass is 266 g/mol. The minimum Gasteiger partial charge on any atom is -0.399 e. The molecule has 1 aromatic carbocycles. The van der Waals surface area contributed by atoms with Gasteiger partial charge in [-0.05, 0) is 49.2 Å². The van der Waals surface area contributed by atoms with Gasteiger partial charge in [0, 0.05) is 17.4 Å². The molecule has 0 saturated heterocycles. The highest BCUT2D eigenvalue weighted by molar-refractivity contribution is 5.67. The van der Waals surface area contributed by atoms with Crippen molar-refractivity contribution in [1.82, 2.24) is 15.1 Å². The zero-order valence-corrected chi connectivity index (χ0v) is 11.3. The summed E-state index contributed by atoms with van der Waals surface area (Å²) < 4.78 is 5.34. The second-order valence-corrected chi connectivity index (χ2v) is 4.65. The van der Waals surface area contributed by atoms with Crippen molar-refractivity contribution in [3.05, 3.63) is 47.7 Å². The number of aryl methyl sites for hydroxylation is 1. The number of hydrogen-bond donors (Lipinski definition) is 1. The molecule has 20 heavy (non-hydrogen) atoms. The van der Waals surface area contributed by atoms with Gasteiger partial charge in [-0.2, -0.15) is 4.98 Å². The molecule has 3 rings (SSSR count). The minimum absolute atomic E-state index is 0.457. The molecule has 0 radical (unpaired) electrons. The summed E-state index contributed by atoms with van der Waals surface area (Å²) >= 11 is 0. The fourth-order valence-electron chi connectivity index (χ4n) is 2.04. The summed E-state index contributed by atoms with van der Waals surface area (Å²) in [4.78, 5) is 8.60. The van der Waals surface area contributed by atoms with Crippen LogP contribution in [0.5, 0.6) is 0 Å². The van der Waals surface area contributed by atoms with Crippen LogP contribution in [0.4, 0.5) is 5.69 Å². The molecule has 100 valence electrons. The van der Waals surface area contributed by atoms with E-state index >= 15 is 0 Å². The van der Waals surface area contributed by atoms with Crippen molar-refractivity contribution in [2.45, 2.75) is 13.8 Å². The molecule has 3 aromatic rings. The first kappa shape index (κ1) is 12.3. The summed E-state index contributed by atoms with van der Waals surface area (Å²) in [6, 6.07) is 9.34. The van der Waals surface area contributed by atoms with Crippen LogP contribution < -0.4 is 5.73 Å². The smallest absolute Gasteiger partial charge is 0.258 e. The molecule has 0 amide bonds. The average molecular weight is 266 g/mol. The largest absolute Gasteiger partial charge is 0.399 e. The summed E-state index contributed by atoms with van der Waals surface area (Å²) in [5.41, 5.74) is 10.3. The summed E-state index contributed by atoms with van der Waals surface area (Å²) in [7, 11) is 0. The van der Waals surface area contributed by atoms with Crippen LogP contribution in [0.3, 0.4) is 0 Å². The number of nitrogens with zero attached hydrogens (tertiary/aromatic N) is 3. The average Bonchev–Trinajstić information content (AvgIpc) is 2.93. The van der Waals surface area contributed by atoms with E-state index in [0.29, 0.717) is 23.1 Å². The van der Waals surface area contributed by atoms with Gasteiger partial charge in [-0.3, -0.25) is 4.98 Å². The van der Waals surface area contributed by atoms with E-state index in [0.717, 1.165) is 16.7 Å². The normalized spacial score (nSPS) is 10.7. The molecule has 5 heteroatoms. The maximum atomic E-state index is 5.88. The molecule has 0 aliphatic carbocycles. The van der Waals surface area contributed by atoms with E-state index in [-0.39, 0.29) is 0 Å². The molecule has 0 fully saturated rings. The van der Waals surface area contributed by atoms with Crippen molar-refractivity contribution in [3.63, 3.8) is 0 Å². The zero-order chi connectivity index (χ0) is 14.1. The van der Waals surface area contributed by atoms with Crippen molar-refractivity contribution in [1.29, 1.82) is 0 Å². The second-order valence-electron chi connectivity index (χ2n) is 4.65. The van der Waals surface area contributed by atoms with E-state index in [2.05, 4.69) is 15.1 Å². The van der Waals surface area contributed by atoms with Crippen molar-refractivity contribution < 1.29 is 4.52 Å². The predicted octanol–water partition coefficient (Wildman–Crippen LogP) is 3.00. The van der Waals surface area contributed by atoms with Crippen molar-refractivity contribution in [2.24, 2.45) is 0 Å². The Morgan fingerprint density at radius 3 is 2.75 bits per heavy atom. The zero-order valence-electron chi connectivity index (χ0n) is 11.3. The van der Waals surface area contributed by atoms with Gasteiger partial charge in [-0.15, -0.1) is 0 Å². The maximum Gasteiger partial charge on any atom is 0.258 e. The van der Waals surface area contributed by atoms with Gasteiger partial charge in [0.2, 0.25) is 5.82 Å². The highest BCUT2D eigenvalue weighted by Gasteiger charge is 2.14. The van der Waals surface area contributed by atoms with Crippen LogP contribution in [0.1, 0.15) is 11.1 Å². The molecule has 2 N–H and O–H groups in total. The van der Waals surface area contributed by atoms with E-state index in [1.807, 2.05) is 44.2 Å². The third-order valence-corrected chi connectivity index (χ3v) is 3.24. The molecule has 0 unspecified atom stereocenters. The van der Waals surface area contributed by atoms with Crippen LogP contribution in [0.15, 0.2) is 41.1 Å². The molecule has 0 atom stereocenters. The van der Waals surface area contributed by atoms with Gasteiger partial charge in [0.25, 0.3) is 5.89 Å². The number of anilines is 1. The number of pyridine rings is 1. The Hall–Kier alpha value is -2.69. The first-order valence-electron chi connectivity index (χ1n) is 6.27. The first-order valence-corrected chi connectivity index (χ1v) is 6.27. The van der Waals surface area contributed by atoms with Crippen LogP contribution in [-0.2, 0) is 0 Å². The van der Waals surface area contributed by atoms with E-state index in [9.17, 15) is 0 Å². The minimum atomic E-state index is 0.457. The quantitative estimate of drug-likeness (QED) is 0.721. The molecule has 0 bridgehead atoms. The number of hydrogen-bond acceptors (Lipinski definition) is 5. The van der Waals surface area contributed by atoms with E-state index in [1.54, 1.807) is 6.20 Å². The Labute approximate surface area is 116 Å². The van der Waals surface area contributed by atoms with Crippen molar-refractivity contribution in [3.8, 4) is 23.0 Å². The summed E-state index contributed by atoms with van der Waals surface area (Å²) in [5.74, 6) is 0.929. The summed E-state index contributed by atoms with van der Waals surface area (Å²) in [5, 5.41) is 3.97. The Kier molecular flexibility index (Phi) is 2.95. The van der Waals surface area contributed by atoms with Crippen molar-refractivity contribution >= 4 is 5.69 Å². The standard InChI is InChI=1S/C15H14N4O/c1-9-7-11(16)8-12(10(9)2)15-18-14(19-20-15)13-5-3-4-6-17-13/h3-8H,16H2,1-2H3. The van der Waals surface area contributed by atoms with Gasteiger partial charge < -0.3 is 10.3 Å². The lowest BCUT2D eigenvalue weighted by Gasteiger charge is -2.06. The molecule has 2 heterocycles. The number of nitrogen functional groups attached to an aromatic ring is 1. The SMILES string of the molecule is Cc1cc(N)cc(-c2nc(-c3ccccn3)no2)c1C. The van der Waals surface area contributed by atoms with Gasteiger partial charge in [0.15, 0.2) is 0 Å². The van der Waals surface area contributed by atoms with Gasteiger partial charge in [-0.25, -0.2) is 0 Å². The van der Waals surface area contributed by atoms with Crippen molar-refractivity contribution in [2.75, 3.05) is 5.73 Å². The third kappa shape index (κ3) is 2.14. The highest BCUT2D eigenvalue weighted by Crippen LogP contribution is 2.28. The van der Waals surface area contributed by atoms with Gasteiger partial charge in [0.05, 0.1) is 0 Å². The highest BCUT2D eigenvalue weighted by atomic mass is 16.5. The van der Waals surface area contributed by atoms with Gasteiger partial charge in [0.1, 0.15) is 5.69 Å².